The Morgan fingerprint density at radius 1 is 1.24 bits per heavy atom. The van der Waals surface area contributed by atoms with E-state index in [0.29, 0.717) is 16.5 Å². The van der Waals surface area contributed by atoms with Crippen molar-refractivity contribution in [3.8, 4) is 0 Å². The molecule has 1 aromatic carbocycles. The van der Waals surface area contributed by atoms with Gasteiger partial charge < -0.3 is 15.5 Å². The molecule has 0 aromatic heterocycles. The van der Waals surface area contributed by atoms with E-state index in [4.69, 9.17) is 11.6 Å². The number of nitrogens with zero attached hydrogens (tertiary/aromatic N) is 1. The van der Waals surface area contributed by atoms with Gasteiger partial charge in [0.05, 0.1) is 0 Å². The quantitative estimate of drug-likeness (QED) is 0.788. The van der Waals surface area contributed by atoms with Crippen molar-refractivity contribution in [3.63, 3.8) is 0 Å². The third-order valence-electron chi connectivity index (χ3n) is 4.43. The zero-order valence-corrected chi connectivity index (χ0v) is 16.3. The molecule has 0 aliphatic carbocycles. The van der Waals surface area contributed by atoms with Gasteiger partial charge in [0.2, 0.25) is 5.91 Å². The Balaban J connectivity index is 0.00000312. The summed E-state index contributed by atoms with van der Waals surface area (Å²) in [7, 11) is 0. The first kappa shape index (κ1) is 21.7. The van der Waals surface area contributed by atoms with Crippen molar-refractivity contribution in [2.45, 2.75) is 32.7 Å². The van der Waals surface area contributed by atoms with E-state index in [2.05, 4.69) is 17.6 Å². The van der Waals surface area contributed by atoms with Gasteiger partial charge in [-0.1, -0.05) is 18.5 Å². The summed E-state index contributed by atoms with van der Waals surface area (Å²) in [6, 6.07) is 6.11. The van der Waals surface area contributed by atoms with Crippen LogP contribution in [0.2, 0.25) is 5.02 Å². The molecule has 1 saturated heterocycles. The average Bonchev–Trinajstić information content (AvgIpc) is 2.60. The Hall–Kier alpha value is -1.30. The zero-order chi connectivity index (χ0) is 17.5. The summed E-state index contributed by atoms with van der Waals surface area (Å²) in [6.07, 6.45) is 2.02. The lowest BCUT2D eigenvalue weighted by molar-refractivity contribution is -0.134. The summed E-state index contributed by atoms with van der Waals surface area (Å²) in [5.41, 5.74) is 0.503. The predicted molar refractivity (Wildman–Crippen MR) is 103 cm³/mol. The molecule has 140 valence electrons. The summed E-state index contributed by atoms with van der Waals surface area (Å²) >= 11 is 5.82. The molecule has 1 aromatic rings. The third-order valence-corrected chi connectivity index (χ3v) is 4.69. The molecular weight excluding hydrogens is 361 g/mol. The number of nitrogens with one attached hydrogen (secondary N) is 2. The number of carbonyl (C=O) groups excluding carboxylic acids is 2. The number of piperidine rings is 1. The number of amides is 2. The fourth-order valence-corrected chi connectivity index (χ4v) is 3.05. The molecular formula is C18H27Cl2N3O2. The maximum absolute atomic E-state index is 12.5. The molecule has 2 amide bonds. The van der Waals surface area contributed by atoms with Gasteiger partial charge in [-0.15, -0.1) is 12.4 Å². The Kier molecular flexibility index (Phi) is 9.25. The van der Waals surface area contributed by atoms with Crippen molar-refractivity contribution in [1.29, 1.82) is 0 Å². The van der Waals surface area contributed by atoms with Crippen LogP contribution < -0.4 is 10.6 Å². The first-order chi connectivity index (χ1) is 11.5. The molecule has 2 N–H and O–H groups in total. The Morgan fingerprint density at radius 3 is 2.40 bits per heavy atom. The number of likely N-dealkylation sites (tertiary alicyclic amines) is 1. The van der Waals surface area contributed by atoms with Gasteiger partial charge in [0.25, 0.3) is 5.91 Å². The third kappa shape index (κ3) is 6.49. The van der Waals surface area contributed by atoms with Crippen molar-refractivity contribution in [1.82, 2.24) is 15.5 Å². The normalized spacial score (nSPS) is 16.0. The molecule has 0 spiro atoms. The van der Waals surface area contributed by atoms with Gasteiger partial charge in [0.15, 0.2) is 0 Å². The second kappa shape index (κ2) is 10.6. The molecule has 1 atom stereocenters. The van der Waals surface area contributed by atoms with Crippen LogP contribution >= 0.6 is 24.0 Å². The number of rotatable bonds is 6. The smallest absolute Gasteiger partial charge is 0.251 e. The molecule has 0 saturated carbocycles. The SMILES string of the molecule is CCNCC1CCN(C(=O)C(C)NC(=O)c2ccc(Cl)cc2)CC1.Cl. The standard InChI is InChI=1S/C18H26ClN3O2.ClH/c1-3-20-12-14-8-10-22(11-9-14)18(24)13(2)21-17(23)15-4-6-16(19)7-5-15;/h4-7,13-14,20H,3,8-12H2,1-2H3,(H,21,23);1H. The summed E-state index contributed by atoms with van der Waals surface area (Å²) < 4.78 is 0. The van der Waals surface area contributed by atoms with Gasteiger partial charge in [-0.3, -0.25) is 9.59 Å². The molecule has 2 rings (SSSR count). The molecule has 1 aliphatic rings. The molecule has 1 fully saturated rings. The van der Waals surface area contributed by atoms with Crippen LogP contribution in [-0.2, 0) is 4.79 Å². The molecule has 0 bridgehead atoms. The number of halogens is 2. The van der Waals surface area contributed by atoms with Gasteiger partial charge in [0.1, 0.15) is 6.04 Å². The minimum Gasteiger partial charge on any atom is -0.341 e. The van der Waals surface area contributed by atoms with E-state index in [0.717, 1.165) is 39.0 Å². The van der Waals surface area contributed by atoms with Crippen LogP contribution in [0.3, 0.4) is 0 Å². The second-order valence-electron chi connectivity index (χ2n) is 6.28. The van der Waals surface area contributed by atoms with Crippen LogP contribution in [0, 0.1) is 5.92 Å². The van der Waals surface area contributed by atoms with Gasteiger partial charge >= 0.3 is 0 Å². The number of hydrogen-bond acceptors (Lipinski definition) is 3. The first-order valence-corrected chi connectivity index (χ1v) is 8.95. The minimum absolute atomic E-state index is 0. The maximum Gasteiger partial charge on any atom is 0.251 e. The van der Waals surface area contributed by atoms with Gasteiger partial charge in [-0.2, -0.15) is 0 Å². The lowest BCUT2D eigenvalue weighted by Gasteiger charge is -2.33. The summed E-state index contributed by atoms with van der Waals surface area (Å²) in [5.74, 6) is 0.363. The van der Waals surface area contributed by atoms with Crippen molar-refractivity contribution < 1.29 is 9.59 Å². The van der Waals surface area contributed by atoms with Crippen molar-refractivity contribution >= 4 is 35.8 Å². The van der Waals surface area contributed by atoms with E-state index in [-0.39, 0.29) is 24.2 Å². The molecule has 1 heterocycles. The predicted octanol–water partition coefficient (Wildman–Crippen LogP) is 2.73. The topological polar surface area (TPSA) is 61.4 Å². The van der Waals surface area contributed by atoms with Gasteiger partial charge in [0, 0.05) is 23.7 Å². The van der Waals surface area contributed by atoms with E-state index in [9.17, 15) is 9.59 Å². The monoisotopic (exact) mass is 387 g/mol. The molecule has 1 aliphatic heterocycles. The van der Waals surface area contributed by atoms with E-state index in [1.807, 2.05) is 4.90 Å². The second-order valence-corrected chi connectivity index (χ2v) is 6.71. The Labute approximate surface area is 160 Å². The largest absolute Gasteiger partial charge is 0.341 e. The minimum atomic E-state index is -0.529. The van der Waals surface area contributed by atoms with Crippen molar-refractivity contribution in [2.75, 3.05) is 26.2 Å². The lowest BCUT2D eigenvalue weighted by atomic mass is 9.96. The molecule has 5 nitrogen and oxygen atoms in total. The molecule has 7 heteroatoms. The summed E-state index contributed by atoms with van der Waals surface area (Å²) in [4.78, 5) is 26.6. The summed E-state index contributed by atoms with van der Waals surface area (Å²) in [6.45, 7) is 7.35. The fraction of sp³-hybridized carbons (Fsp3) is 0.556. The van der Waals surface area contributed by atoms with Crippen LogP contribution in [0.1, 0.15) is 37.0 Å². The van der Waals surface area contributed by atoms with Gasteiger partial charge in [-0.05, 0) is 63.0 Å². The fourth-order valence-electron chi connectivity index (χ4n) is 2.92. The van der Waals surface area contributed by atoms with Crippen molar-refractivity contribution in [2.24, 2.45) is 5.92 Å². The number of hydrogen-bond donors (Lipinski definition) is 2. The van der Waals surface area contributed by atoms with Crippen LogP contribution in [0.5, 0.6) is 0 Å². The molecule has 1 unspecified atom stereocenters. The van der Waals surface area contributed by atoms with E-state index in [1.165, 1.54) is 0 Å². The number of benzene rings is 1. The van der Waals surface area contributed by atoms with Crippen molar-refractivity contribution in [3.05, 3.63) is 34.9 Å². The lowest BCUT2D eigenvalue weighted by Crippen LogP contribution is -2.50. The highest BCUT2D eigenvalue weighted by Gasteiger charge is 2.26. The number of carbonyl (C=O) groups is 2. The van der Waals surface area contributed by atoms with E-state index in [1.54, 1.807) is 31.2 Å². The Morgan fingerprint density at radius 2 is 1.84 bits per heavy atom. The van der Waals surface area contributed by atoms with E-state index >= 15 is 0 Å². The maximum atomic E-state index is 12.5. The van der Waals surface area contributed by atoms with Crippen LogP contribution in [-0.4, -0.2) is 48.9 Å². The Bertz CT molecular complexity index is 558. The molecule has 25 heavy (non-hydrogen) atoms. The van der Waals surface area contributed by atoms with E-state index < -0.39 is 6.04 Å². The highest BCUT2D eigenvalue weighted by molar-refractivity contribution is 6.30. The zero-order valence-electron chi connectivity index (χ0n) is 14.8. The first-order valence-electron chi connectivity index (χ1n) is 8.57. The van der Waals surface area contributed by atoms with Gasteiger partial charge in [-0.25, -0.2) is 0 Å². The average molecular weight is 388 g/mol. The van der Waals surface area contributed by atoms with Crippen LogP contribution in [0.25, 0.3) is 0 Å². The summed E-state index contributed by atoms with van der Waals surface area (Å²) in [5, 5.41) is 6.72. The highest BCUT2D eigenvalue weighted by atomic mass is 35.5. The molecule has 0 radical (unpaired) electrons. The highest BCUT2D eigenvalue weighted by Crippen LogP contribution is 2.17. The van der Waals surface area contributed by atoms with Crippen LogP contribution in [0.15, 0.2) is 24.3 Å². The van der Waals surface area contributed by atoms with Crippen LogP contribution in [0.4, 0.5) is 0 Å².